The first kappa shape index (κ1) is 13.4. The van der Waals surface area contributed by atoms with Gasteiger partial charge in [-0.2, -0.15) is 0 Å². The van der Waals surface area contributed by atoms with Crippen LogP contribution in [-0.4, -0.2) is 23.2 Å². The molecule has 3 rings (SSSR count). The zero-order valence-corrected chi connectivity index (χ0v) is 12.0. The second kappa shape index (κ2) is 5.80. The molecule has 1 aliphatic carbocycles. The Balaban J connectivity index is 2.02. The molecule has 1 aromatic heterocycles. The lowest BCUT2D eigenvalue weighted by Gasteiger charge is -2.33. The van der Waals surface area contributed by atoms with Gasteiger partial charge in [-0.25, -0.2) is 0 Å². The monoisotopic (exact) mass is 270 g/mol. The van der Waals surface area contributed by atoms with E-state index >= 15 is 0 Å². The van der Waals surface area contributed by atoms with E-state index in [1.807, 2.05) is 18.2 Å². The number of nitrogens with zero attached hydrogens (tertiary/aromatic N) is 2. The number of hydrogen-bond donors (Lipinski definition) is 1. The van der Waals surface area contributed by atoms with Crippen LogP contribution in [0.1, 0.15) is 31.9 Å². The van der Waals surface area contributed by atoms with Gasteiger partial charge in [0, 0.05) is 24.2 Å². The maximum atomic E-state index is 9.43. The second-order valence-electron chi connectivity index (χ2n) is 5.64. The Morgan fingerprint density at radius 2 is 2.10 bits per heavy atom. The number of anilines is 1. The Bertz CT molecular complexity index is 593. The summed E-state index contributed by atoms with van der Waals surface area (Å²) in [6, 6.07) is 10.3. The first-order valence-electron chi connectivity index (χ1n) is 7.56. The minimum atomic E-state index is -0.00117. The summed E-state index contributed by atoms with van der Waals surface area (Å²) in [5.74, 6) is 0.833. The summed E-state index contributed by atoms with van der Waals surface area (Å²) in [6.45, 7) is 4.32. The quantitative estimate of drug-likeness (QED) is 0.905. The predicted octanol–water partition coefficient (Wildman–Crippen LogP) is 3.35. The van der Waals surface area contributed by atoms with E-state index in [2.05, 4.69) is 28.9 Å². The standard InChI is InChI=1S/C17H22N2O/c1-2-19(11-13-6-5-7-13)17-10-14(12-20)18-16-9-4-3-8-15(16)17/h3-4,8-10,13,20H,2,5-7,11-12H2,1H3. The Labute approximate surface area is 120 Å². The van der Waals surface area contributed by atoms with Crippen molar-refractivity contribution in [1.82, 2.24) is 4.98 Å². The molecule has 0 spiro atoms. The highest BCUT2D eigenvalue weighted by molar-refractivity contribution is 5.92. The van der Waals surface area contributed by atoms with E-state index < -0.39 is 0 Å². The molecule has 3 nitrogen and oxygen atoms in total. The summed E-state index contributed by atoms with van der Waals surface area (Å²) in [7, 11) is 0. The highest BCUT2D eigenvalue weighted by Crippen LogP contribution is 2.32. The van der Waals surface area contributed by atoms with Crippen molar-refractivity contribution in [2.24, 2.45) is 5.92 Å². The molecule has 0 saturated heterocycles. The van der Waals surface area contributed by atoms with E-state index in [4.69, 9.17) is 0 Å². The fourth-order valence-corrected chi connectivity index (χ4v) is 2.94. The van der Waals surface area contributed by atoms with Crippen LogP contribution in [-0.2, 0) is 6.61 Å². The predicted molar refractivity (Wildman–Crippen MR) is 82.9 cm³/mol. The van der Waals surface area contributed by atoms with Gasteiger partial charge in [0.15, 0.2) is 0 Å². The number of pyridine rings is 1. The lowest BCUT2D eigenvalue weighted by Crippen LogP contribution is -2.32. The van der Waals surface area contributed by atoms with Crippen LogP contribution in [0.25, 0.3) is 10.9 Å². The van der Waals surface area contributed by atoms with Gasteiger partial charge in [0.25, 0.3) is 0 Å². The summed E-state index contributed by atoms with van der Waals surface area (Å²) < 4.78 is 0. The first-order valence-corrected chi connectivity index (χ1v) is 7.56. The van der Waals surface area contributed by atoms with Crippen LogP contribution in [0.2, 0.25) is 0 Å². The summed E-state index contributed by atoms with van der Waals surface area (Å²) in [5.41, 5.74) is 2.95. The third-order valence-corrected chi connectivity index (χ3v) is 4.34. The van der Waals surface area contributed by atoms with Gasteiger partial charge in [-0.05, 0) is 37.8 Å². The van der Waals surface area contributed by atoms with E-state index in [-0.39, 0.29) is 6.61 Å². The largest absolute Gasteiger partial charge is 0.390 e. The minimum absolute atomic E-state index is 0.00117. The SMILES string of the molecule is CCN(CC1CCC1)c1cc(CO)nc2ccccc12. The third-order valence-electron chi connectivity index (χ3n) is 4.34. The number of fused-ring (bicyclic) bond motifs is 1. The van der Waals surface area contributed by atoms with Gasteiger partial charge < -0.3 is 10.0 Å². The van der Waals surface area contributed by atoms with Gasteiger partial charge in [-0.3, -0.25) is 4.98 Å². The maximum absolute atomic E-state index is 9.43. The first-order chi connectivity index (χ1) is 9.81. The molecule has 0 amide bonds. The van der Waals surface area contributed by atoms with Crippen LogP contribution in [0.4, 0.5) is 5.69 Å². The van der Waals surface area contributed by atoms with Crippen LogP contribution in [0, 0.1) is 5.92 Å². The molecule has 0 aliphatic heterocycles. The molecule has 1 fully saturated rings. The van der Waals surface area contributed by atoms with Crippen molar-refractivity contribution < 1.29 is 5.11 Å². The number of rotatable bonds is 5. The summed E-state index contributed by atoms with van der Waals surface area (Å²) in [4.78, 5) is 6.95. The molecule has 1 aromatic carbocycles. The molecule has 0 radical (unpaired) electrons. The molecule has 1 aliphatic rings. The van der Waals surface area contributed by atoms with Gasteiger partial charge in [-0.15, -0.1) is 0 Å². The second-order valence-corrected chi connectivity index (χ2v) is 5.64. The maximum Gasteiger partial charge on any atom is 0.0854 e. The lowest BCUT2D eigenvalue weighted by molar-refractivity contribution is 0.277. The number of aliphatic hydroxyl groups excluding tert-OH is 1. The van der Waals surface area contributed by atoms with Crippen LogP contribution in [0.5, 0.6) is 0 Å². The van der Waals surface area contributed by atoms with Gasteiger partial charge in [-0.1, -0.05) is 24.6 Å². The number of hydrogen-bond acceptors (Lipinski definition) is 3. The van der Waals surface area contributed by atoms with Crippen molar-refractivity contribution in [3.8, 4) is 0 Å². The van der Waals surface area contributed by atoms with Gasteiger partial charge >= 0.3 is 0 Å². The highest BCUT2D eigenvalue weighted by Gasteiger charge is 2.21. The zero-order chi connectivity index (χ0) is 13.9. The Kier molecular flexibility index (Phi) is 3.88. The molecule has 20 heavy (non-hydrogen) atoms. The van der Waals surface area contributed by atoms with E-state index in [0.717, 1.165) is 30.2 Å². The zero-order valence-electron chi connectivity index (χ0n) is 12.0. The van der Waals surface area contributed by atoms with Crippen LogP contribution in [0.15, 0.2) is 30.3 Å². The smallest absolute Gasteiger partial charge is 0.0854 e. The van der Waals surface area contributed by atoms with Crippen LogP contribution >= 0.6 is 0 Å². The lowest BCUT2D eigenvalue weighted by atomic mass is 9.85. The molecule has 2 aromatic rings. The summed E-state index contributed by atoms with van der Waals surface area (Å²) >= 11 is 0. The van der Waals surface area contributed by atoms with Crippen molar-refractivity contribution in [2.75, 3.05) is 18.0 Å². The van der Waals surface area contributed by atoms with Crippen molar-refractivity contribution in [2.45, 2.75) is 32.8 Å². The number of benzene rings is 1. The molecule has 0 bridgehead atoms. The average Bonchev–Trinajstić information content (AvgIpc) is 2.45. The molecule has 3 heteroatoms. The molecular weight excluding hydrogens is 248 g/mol. The van der Waals surface area contributed by atoms with Crippen molar-refractivity contribution in [1.29, 1.82) is 0 Å². The van der Waals surface area contributed by atoms with Gasteiger partial charge in [0.05, 0.1) is 17.8 Å². The molecular formula is C17H22N2O. The van der Waals surface area contributed by atoms with E-state index in [1.165, 1.54) is 30.3 Å². The Morgan fingerprint density at radius 3 is 2.75 bits per heavy atom. The third kappa shape index (κ3) is 2.50. The fraction of sp³-hybridized carbons (Fsp3) is 0.471. The highest BCUT2D eigenvalue weighted by atomic mass is 16.3. The van der Waals surface area contributed by atoms with Crippen LogP contribution in [0.3, 0.4) is 0 Å². The molecule has 1 heterocycles. The van der Waals surface area contributed by atoms with Crippen molar-refractivity contribution in [3.63, 3.8) is 0 Å². The Hall–Kier alpha value is -1.61. The Morgan fingerprint density at radius 1 is 1.30 bits per heavy atom. The van der Waals surface area contributed by atoms with Crippen LogP contribution < -0.4 is 4.90 Å². The summed E-state index contributed by atoms with van der Waals surface area (Å²) in [5, 5.41) is 10.6. The number of aliphatic hydroxyl groups is 1. The molecule has 0 unspecified atom stereocenters. The molecule has 106 valence electrons. The molecule has 0 atom stereocenters. The van der Waals surface area contributed by atoms with E-state index in [1.54, 1.807) is 0 Å². The number of aromatic nitrogens is 1. The number of para-hydroxylation sites is 1. The average molecular weight is 270 g/mol. The van der Waals surface area contributed by atoms with Crippen molar-refractivity contribution in [3.05, 3.63) is 36.0 Å². The van der Waals surface area contributed by atoms with Gasteiger partial charge in [0.1, 0.15) is 0 Å². The van der Waals surface area contributed by atoms with Gasteiger partial charge in [0.2, 0.25) is 0 Å². The topological polar surface area (TPSA) is 36.4 Å². The molecule has 1 saturated carbocycles. The van der Waals surface area contributed by atoms with Crippen molar-refractivity contribution >= 4 is 16.6 Å². The fourth-order valence-electron chi connectivity index (χ4n) is 2.94. The van der Waals surface area contributed by atoms with E-state index in [9.17, 15) is 5.11 Å². The van der Waals surface area contributed by atoms with E-state index in [0.29, 0.717) is 0 Å². The minimum Gasteiger partial charge on any atom is -0.390 e. The summed E-state index contributed by atoms with van der Waals surface area (Å²) in [6.07, 6.45) is 4.08. The molecule has 1 N–H and O–H groups in total. The normalized spacial score (nSPS) is 15.3.